The fourth-order valence-corrected chi connectivity index (χ4v) is 1.68. The lowest BCUT2D eigenvalue weighted by molar-refractivity contribution is 0.154. The monoisotopic (exact) mass is 251 g/mol. The Hall–Kier alpha value is -1.13. The summed E-state index contributed by atoms with van der Waals surface area (Å²) in [7, 11) is 2.06. The number of nitrogens with one attached hydrogen (secondary N) is 1. The van der Waals surface area contributed by atoms with Crippen LogP contribution in [0.25, 0.3) is 0 Å². The molecule has 4 nitrogen and oxygen atoms in total. The number of pyridine rings is 1. The molecular formula is C14H25N3O. The molecule has 0 spiro atoms. The maximum atomic E-state index is 5.38. The summed E-state index contributed by atoms with van der Waals surface area (Å²) < 4.78 is 5.38. The molecule has 0 aromatic carbocycles. The predicted molar refractivity (Wildman–Crippen MR) is 76.0 cm³/mol. The molecule has 1 N–H and O–H groups in total. The van der Waals surface area contributed by atoms with Crippen molar-refractivity contribution in [3.05, 3.63) is 23.9 Å². The zero-order valence-electron chi connectivity index (χ0n) is 11.9. The third kappa shape index (κ3) is 5.02. The smallest absolute Gasteiger partial charge is 0.132 e. The lowest BCUT2D eigenvalue weighted by Crippen LogP contribution is -2.27. The van der Waals surface area contributed by atoms with Crippen LogP contribution in [-0.4, -0.2) is 37.8 Å². The van der Waals surface area contributed by atoms with Crippen LogP contribution < -0.4 is 10.2 Å². The summed E-state index contributed by atoms with van der Waals surface area (Å²) in [4.78, 5) is 6.61. The Balaban J connectivity index is 2.62. The van der Waals surface area contributed by atoms with Gasteiger partial charge in [-0.1, -0.05) is 19.9 Å². The molecule has 4 heteroatoms. The van der Waals surface area contributed by atoms with Crippen LogP contribution in [0.5, 0.6) is 0 Å². The highest BCUT2D eigenvalue weighted by Crippen LogP contribution is 2.15. The van der Waals surface area contributed by atoms with Crippen molar-refractivity contribution in [1.82, 2.24) is 10.3 Å². The highest BCUT2D eigenvalue weighted by atomic mass is 16.5. The van der Waals surface area contributed by atoms with E-state index in [1.165, 1.54) is 5.56 Å². The van der Waals surface area contributed by atoms with Crippen LogP contribution >= 0.6 is 0 Å². The van der Waals surface area contributed by atoms with Crippen LogP contribution in [0.1, 0.15) is 26.3 Å². The summed E-state index contributed by atoms with van der Waals surface area (Å²) >= 11 is 0. The first-order valence-electron chi connectivity index (χ1n) is 6.61. The first-order valence-corrected chi connectivity index (χ1v) is 6.61. The Bertz CT molecular complexity index is 342. The Labute approximate surface area is 110 Å². The Morgan fingerprint density at radius 2 is 2.22 bits per heavy atom. The second kappa shape index (κ2) is 8.06. The SMILES string of the molecule is CCOCCN(C)c1ncccc1CNC(C)C. The van der Waals surface area contributed by atoms with Crippen molar-refractivity contribution >= 4 is 5.82 Å². The molecule has 102 valence electrons. The molecule has 0 atom stereocenters. The number of ether oxygens (including phenoxy) is 1. The Kier molecular flexibility index (Phi) is 6.68. The lowest BCUT2D eigenvalue weighted by atomic mass is 10.2. The highest BCUT2D eigenvalue weighted by Gasteiger charge is 2.08. The third-order valence-corrected chi connectivity index (χ3v) is 2.71. The van der Waals surface area contributed by atoms with Gasteiger partial charge >= 0.3 is 0 Å². The van der Waals surface area contributed by atoms with Gasteiger partial charge in [-0.25, -0.2) is 4.98 Å². The molecule has 1 aromatic rings. The summed E-state index contributed by atoms with van der Waals surface area (Å²) in [5, 5.41) is 3.43. The standard InChI is InChI=1S/C14H25N3O/c1-5-18-10-9-17(4)14-13(7-6-8-15-14)11-16-12(2)3/h6-8,12,16H,5,9-11H2,1-4H3. The summed E-state index contributed by atoms with van der Waals surface area (Å²) in [5.74, 6) is 1.03. The van der Waals surface area contributed by atoms with E-state index in [1.807, 2.05) is 19.2 Å². The van der Waals surface area contributed by atoms with Crippen molar-refractivity contribution in [3.8, 4) is 0 Å². The van der Waals surface area contributed by atoms with Crippen molar-refractivity contribution in [2.24, 2.45) is 0 Å². The molecular weight excluding hydrogens is 226 g/mol. The maximum absolute atomic E-state index is 5.38. The van der Waals surface area contributed by atoms with E-state index in [-0.39, 0.29) is 0 Å². The van der Waals surface area contributed by atoms with Gasteiger partial charge in [-0.15, -0.1) is 0 Å². The number of anilines is 1. The van der Waals surface area contributed by atoms with E-state index in [2.05, 4.69) is 42.2 Å². The second-order valence-corrected chi connectivity index (χ2v) is 4.64. The van der Waals surface area contributed by atoms with Gasteiger partial charge in [0.05, 0.1) is 6.61 Å². The fourth-order valence-electron chi connectivity index (χ4n) is 1.68. The van der Waals surface area contributed by atoms with Crippen molar-refractivity contribution in [3.63, 3.8) is 0 Å². The highest BCUT2D eigenvalue weighted by molar-refractivity contribution is 5.45. The van der Waals surface area contributed by atoms with Gasteiger partial charge in [0.15, 0.2) is 0 Å². The van der Waals surface area contributed by atoms with E-state index in [0.29, 0.717) is 6.04 Å². The van der Waals surface area contributed by atoms with E-state index in [1.54, 1.807) is 0 Å². The van der Waals surface area contributed by atoms with E-state index in [9.17, 15) is 0 Å². The van der Waals surface area contributed by atoms with Gasteiger partial charge in [0.2, 0.25) is 0 Å². The van der Waals surface area contributed by atoms with E-state index in [4.69, 9.17) is 4.74 Å². The van der Waals surface area contributed by atoms with Gasteiger partial charge in [0, 0.05) is 44.5 Å². The number of likely N-dealkylation sites (N-methyl/N-ethyl adjacent to an activating group) is 1. The van der Waals surface area contributed by atoms with Gasteiger partial charge in [0.25, 0.3) is 0 Å². The van der Waals surface area contributed by atoms with Gasteiger partial charge in [-0.3, -0.25) is 0 Å². The van der Waals surface area contributed by atoms with Gasteiger partial charge < -0.3 is 15.0 Å². The maximum Gasteiger partial charge on any atom is 0.132 e. The summed E-state index contributed by atoms with van der Waals surface area (Å²) in [5.41, 5.74) is 1.23. The van der Waals surface area contributed by atoms with E-state index >= 15 is 0 Å². The second-order valence-electron chi connectivity index (χ2n) is 4.64. The van der Waals surface area contributed by atoms with Crippen LogP contribution in [0, 0.1) is 0 Å². The minimum atomic E-state index is 0.479. The molecule has 1 aromatic heterocycles. The molecule has 0 bridgehead atoms. The van der Waals surface area contributed by atoms with Crippen molar-refractivity contribution < 1.29 is 4.74 Å². The molecule has 0 aliphatic rings. The van der Waals surface area contributed by atoms with Crippen LogP contribution in [-0.2, 0) is 11.3 Å². The summed E-state index contributed by atoms with van der Waals surface area (Å²) in [6.45, 7) is 9.51. The number of hydrogen-bond acceptors (Lipinski definition) is 4. The van der Waals surface area contributed by atoms with Crippen molar-refractivity contribution in [1.29, 1.82) is 0 Å². The van der Waals surface area contributed by atoms with E-state index in [0.717, 1.165) is 32.1 Å². The molecule has 0 fully saturated rings. The van der Waals surface area contributed by atoms with Gasteiger partial charge in [-0.05, 0) is 13.0 Å². The molecule has 0 saturated carbocycles. The van der Waals surface area contributed by atoms with Crippen LogP contribution in [0.15, 0.2) is 18.3 Å². The molecule has 1 heterocycles. The predicted octanol–water partition coefficient (Wildman–Crippen LogP) is 2.05. The minimum Gasteiger partial charge on any atom is -0.380 e. The lowest BCUT2D eigenvalue weighted by Gasteiger charge is -2.21. The third-order valence-electron chi connectivity index (χ3n) is 2.71. The van der Waals surface area contributed by atoms with Crippen LogP contribution in [0.4, 0.5) is 5.82 Å². The van der Waals surface area contributed by atoms with Gasteiger partial charge in [-0.2, -0.15) is 0 Å². The molecule has 0 aliphatic heterocycles. The molecule has 0 unspecified atom stereocenters. The number of rotatable bonds is 8. The first kappa shape index (κ1) is 14.9. The number of nitrogens with zero attached hydrogens (tertiary/aromatic N) is 2. The van der Waals surface area contributed by atoms with Gasteiger partial charge in [0.1, 0.15) is 5.82 Å². The summed E-state index contributed by atoms with van der Waals surface area (Å²) in [6.07, 6.45) is 1.84. The first-order chi connectivity index (χ1) is 8.65. The molecule has 1 rings (SSSR count). The molecule has 0 amide bonds. The largest absolute Gasteiger partial charge is 0.380 e. The molecule has 0 saturated heterocycles. The average Bonchev–Trinajstić information content (AvgIpc) is 2.37. The number of hydrogen-bond donors (Lipinski definition) is 1. The Morgan fingerprint density at radius 1 is 1.44 bits per heavy atom. The quantitative estimate of drug-likeness (QED) is 0.718. The Morgan fingerprint density at radius 3 is 2.89 bits per heavy atom. The molecule has 0 aliphatic carbocycles. The number of aromatic nitrogens is 1. The van der Waals surface area contributed by atoms with Crippen molar-refractivity contribution in [2.45, 2.75) is 33.4 Å². The van der Waals surface area contributed by atoms with Crippen LogP contribution in [0.2, 0.25) is 0 Å². The van der Waals surface area contributed by atoms with Crippen LogP contribution in [0.3, 0.4) is 0 Å². The zero-order chi connectivity index (χ0) is 13.4. The fraction of sp³-hybridized carbons (Fsp3) is 0.643. The average molecular weight is 251 g/mol. The minimum absolute atomic E-state index is 0.479. The summed E-state index contributed by atoms with van der Waals surface area (Å²) in [6, 6.07) is 4.58. The van der Waals surface area contributed by atoms with E-state index < -0.39 is 0 Å². The molecule has 18 heavy (non-hydrogen) atoms. The normalized spacial score (nSPS) is 10.9. The molecule has 0 radical (unpaired) electrons. The van der Waals surface area contributed by atoms with Crippen molar-refractivity contribution in [2.75, 3.05) is 31.7 Å². The zero-order valence-corrected chi connectivity index (χ0v) is 11.9. The topological polar surface area (TPSA) is 37.4 Å².